The van der Waals surface area contributed by atoms with Gasteiger partial charge in [-0.2, -0.15) is 0 Å². The number of thiophene rings is 1. The molecule has 0 aliphatic heterocycles. The number of aryl methyl sites for hydroxylation is 1. The molecule has 0 radical (unpaired) electrons. The summed E-state index contributed by atoms with van der Waals surface area (Å²) in [5, 5.41) is 6.17. The number of H-pyrrole nitrogens is 1. The molecule has 46 heavy (non-hydrogen) atoms. The van der Waals surface area contributed by atoms with E-state index in [1.807, 2.05) is 91.9 Å². The van der Waals surface area contributed by atoms with Crippen LogP contribution in [0.1, 0.15) is 29.1 Å². The van der Waals surface area contributed by atoms with Gasteiger partial charge in [-0.15, -0.1) is 11.3 Å². The molecule has 0 fully saturated rings. The van der Waals surface area contributed by atoms with Crippen LogP contribution in [0.25, 0.3) is 43.5 Å². The third kappa shape index (κ3) is 6.09. The van der Waals surface area contributed by atoms with Gasteiger partial charge in [-0.3, -0.25) is 28.2 Å². The minimum atomic E-state index is -0.632. The van der Waals surface area contributed by atoms with Crippen molar-refractivity contribution in [1.82, 2.24) is 19.3 Å². The summed E-state index contributed by atoms with van der Waals surface area (Å²) < 4.78 is 7.33. The summed E-state index contributed by atoms with van der Waals surface area (Å²) in [5.41, 5.74) is 2.72. The smallest absolute Gasteiger partial charge is 1.00 e. The van der Waals surface area contributed by atoms with Crippen LogP contribution in [-0.4, -0.2) is 25.1 Å². The molecule has 0 amide bonds. The van der Waals surface area contributed by atoms with E-state index < -0.39 is 17.0 Å². The van der Waals surface area contributed by atoms with Crippen LogP contribution in [0.2, 0.25) is 0 Å². The number of aromatic amines is 1. The van der Waals surface area contributed by atoms with Gasteiger partial charge in [0.1, 0.15) is 4.83 Å². The van der Waals surface area contributed by atoms with Crippen LogP contribution in [0.15, 0.2) is 116 Å². The number of nitrogens with one attached hydrogen (secondary N) is 1. The quantitative estimate of drug-likeness (QED) is 0.199. The van der Waals surface area contributed by atoms with Crippen LogP contribution in [0.4, 0.5) is 0 Å². The monoisotopic (exact) mass is 654 g/mol. The third-order valence-electron chi connectivity index (χ3n) is 7.90. The fourth-order valence-corrected chi connectivity index (χ4v) is 6.64. The summed E-state index contributed by atoms with van der Waals surface area (Å²) in [5.74, 6) is -0.612. The first-order valence-corrected chi connectivity index (χ1v) is 15.2. The average molecular weight is 655 g/mol. The van der Waals surface area contributed by atoms with Crippen LogP contribution in [0, 0.1) is 0 Å². The number of ketones is 1. The van der Waals surface area contributed by atoms with E-state index in [-0.39, 0.29) is 71.7 Å². The topological polar surface area (TPSA) is 120 Å². The number of rotatable bonds is 8. The molecule has 0 unspecified atom stereocenters. The van der Waals surface area contributed by atoms with Crippen molar-refractivity contribution in [3.05, 3.63) is 144 Å². The molecule has 7 aromatic rings. The van der Waals surface area contributed by atoms with Crippen LogP contribution in [0.3, 0.4) is 0 Å². The van der Waals surface area contributed by atoms with Crippen molar-refractivity contribution in [2.45, 2.75) is 26.4 Å². The summed E-state index contributed by atoms with van der Waals surface area (Å²) in [6, 6.07) is 30.1. The van der Waals surface area contributed by atoms with Gasteiger partial charge in [0, 0.05) is 16.0 Å². The first-order chi connectivity index (χ1) is 21.9. The van der Waals surface area contributed by atoms with Gasteiger partial charge in [0.25, 0.3) is 5.56 Å². The summed E-state index contributed by atoms with van der Waals surface area (Å²) in [6.07, 6.45) is 0.716. The molecule has 0 saturated carbocycles. The molecule has 0 atom stereocenters. The minimum absolute atomic E-state index is 0. The van der Waals surface area contributed by atoms with E-state index in [2.05, 4.69) is 10.1 Å². The van der Waals surface area contributed by atoms with Crippen molar-refractivity contribution in [1.29, 1.82) is 0 Å². The minimum Gasteiger partial charge on any atom is -1.00 e. The van der Waals surface area contributed by atoms with E-state index in [4.69, 9.17) is 4.52 Å². The second-order valence-electron chi connectivity index (χ2n) is 10.7. The molecule has 0 aliphatic rings. The van der Waals surface area contributed by atoms with Gasteiger partial charge in [0.05, 0.1) is 18.5 Å². The van der Waals surface area contributed by atoms with Crippen molar-refractivity contribution in [2.75, 3.05) is 0 Å². The van der Waals surface area contributed by atoms with Crippen molar-refractivity contribution in [3.8, 4) is 22.5 Å². The largest absolute Gasteiger partial charge is 1.00 e. The molecule has 4 aromatic carbocycles. The molecule has 0 aliphatic carbocycles. The van der Waals surface area contributed by atoms with E-state index in [1.54, 1.807) is 16.7 Å². The maximum Gasteiger partial charge on any atom is 1.00 e. The fraction of sp³-hybridized carbons (Fsp3) is 0.114. The Kier molecular flexibility index (Phi) is 9.32. The Morgan fingerprint density at radius 2 is 1.59 bits per heavy atom. The molecular formula is C35H27KN4O5S. The molecule has 0 spiro atoms. The fourth-order valence-electron chi connectivity index (χ4n) is 5.56. The number of hydrogen-bond acceptors (Lipinski definition) is 7. The van der Waals surface area contributed by atoms with E-state index in [0.29, 0.717) is 33.6 Å². The van der Waals surface area contributed by atoms with E-state index >= 15 is 0 Å². The zero-order valence-electron chi connectivity index (χ0n) is 26.2. The predicted molar refractivity (Wildman–Crippen MR) is 176 cm³/mol. The maximum absolute atomic E-state index is 13.9. The summed E-state index contributed by atoms with van der Waals surface area (Å²) in [6.45, 7) is 1.85. The second-order valence-corrected chi connectivity index (χ2v) is 11.8. The number of carbonyl (C=O) groups excluding carboxylic acids is 1. The van der Waals surface area contributed by atoms with Crippen LogP contribution < -0.4 is 68.4 Å². The number of carbonyl (C=O) groups is 1. The Morgan fingerprint density at radius 1 is 0.870 bits per heavy atom. The second kappa shape index (κ2) is 13.4. The van der Waals surface area contributed by atoms with Gasteiger partial charge in [-0.25, -0.2) is 9.59 Å². The van der Waals surface area contributed by atoms with Gasteiger partial charge < -0.3 is 1.43 Å². The number of nitrogens with zero attached hydrogens (tertiary/aromatic N) is 3. The molecule has 0 saturated heterocycles. The van der Waals surface area contributed by atoms with Gasteiger partial charge >= 0.3 is 62.8 Å². The Hall–Kier alpha value is -3.97. The zero-order chi connectivity index (χ0) is 31.1. The number of aromatic nitrogens is 4. The Bertz CT molecular complexity index is 2420. The van der Waals surface area contributed by atoms with E-state index in [0.717, 1.165) is 36.9 Å². The van der Waals surface area contributed by atoms with Gasteiger partial charge in [-0.05, 0) is 46.0 Å². The molecule has 7 rings (SSSR count). The maximum atomic E-state index is 13.9. The molecule has 224 valence electrons. The molecular weight excluding hydrogens is 628 g/mol. The van der Waals surface area contributed by atoms with E-state index in [9.17, 15) is 19.2 Å². The van der Waals surface area contributed by atoms with Gasteiger partial charge in [0.2, 0.25) is 0 Å². The van der Waals surface area contributed by atoms with Gasteiger partial charge in [-0.1, -0.05) is 97.0 Å². The zero-order valence-corrected chi connectivity index (χ0v) is 29.1. The first kappa shape index (κ1) is 32.0. The van der Waals surface area contributed by atoms with Crippen molar-refractivity contribution in [3.63, 3.8) is 0 Å². The molecule has 3 heterocycles. The molecule has 3 aromatic heterocycles. The number of fused-ring (bicyclic) bond motifs is 2. The standard InChI is InChI=1S/C35H26N4O5S.K.H/c1-2-26-18-29-32(41)38(20-30(40)25-16-15-22-7-3-4-8-24(22)17-25)35(43)39(33(29)45-26)19-21-11-13-23(14-12-21)27-9-5-6-10-28(27)31-36-34(42)44-37-31;;/h3-18H,2,19-20H2,1H3,(H,36,37,42);;/q;+1;-1. The number of benzene rings is 4. The molecule has 11 heteroatoms. The predicted octanol–water partition coefficient (Wildman–Crippen LogP) is 3.00. The molecule has 9 nitrogen and oxygen atoms in total. The first-order valence-electron chi connectivity index (χ1n) is 14.4. The van der Waals surface area contributed by atoms with E-state index in [1.165, 1.54) is 11.3 Å². The molecule has 1 N–H and O–H groups in total. The van der Waals surface area contributed by atoms with Crippen LogP contribution in [0.5, 0.6) is 0 Å². The average Bonchev–Trinajstić information content (AvgIpc) is 3.71. The van der Waals surface area contributed by atoms with Gasteiger partial charge in [0.15, 0.2) is 11.6 Å². The number of Topliss-reactive ketones (excluding diaryl/α,β-unsaturated/α-hetero) is 1. The van der Waals surface area contributed by atoms with Crippen molar-refractivity contribution < 1.29 is 62.1 Å². The third-order valence-corrected chi connectivity index (χ3v) is 9.20. The van der Waals surface area contributed by atoms with Crippen molar-refractivity contribution >= 4 is 38.1 Å². The van der Waals surface area contributed by atoms with Crippen molar-refractivity contribution in [2.24, 2.45) is 0 Å². The molecule has 0 bridgehead atoms. The summed E-state index contributed by atoms with van der Waals surface area (Å²) >= 11 is 1.42. The Labute approximate surface area is 310 Å². The Balaban J connectivity index is 0.00000217. The Morgan fingerprint density at radius 3 is 2.30 bits per heavy atom. The number of hydrogen-bond donors (Lipinski definition) is 1. The normalized spacial score (nSPS) is 11.2. The SMILES string of the molecule is CCc1cc2c(=O)n(CC(=O)c3ccc4ccccc4c3)c(=O)n(Cc3ccc(-c4ccccc4-c4noc(=O)[nH]4)cc3)c2s1.[H-].[K+]. The van der Waals surface area contributed by atoms with Crippen LogP contribution in [-0.2, 0) is 19.5 Å². The van der Waals surface area contributed by atoms with Crippen LogP contribution >= 0.6 is 11.3 Å². The summed E-state index contributed by atoms with van der Waals surface area (Å²) in [7, 11) is 0. The summed E-state index contributed by atoms with van der Waals surface area (Å²) in [4.78, 5) is 56.6.